The Morgan fingerprint density at radius 3 is 2.82 bits per heavy atom. The van der Waals surface area contributed by atoms with E-state index >= 15 is 0 Å². The van der Waals surface area contributed by atoms with E-state index in [2.05, 4.69) is 0 Å². The van der Waals surface area contributed by atoms with Crippen molar-refractivity contribution >= 4 is 11.7 Å². The number of ether oxygens (including phenoxy) is 1. The molecule has 17 heavy (non-hydrogen) atoms. The van der Waals surface area contributed by atoms with Crippen molar-refractivity contribution in [2.24, 2.45) is 18.9 Å². The third kappa shape index (κ3) is 1.81. The number of aryl methyl sites for hydroxylation is 1. The Morgan fingerprint density at radius 1 is 1.47 bits per heavy atom. The molecule has 92 valence electrons. The van der Waals surface area contributed by atoms with Crippen molar-refractivity contribution < 1.29 is 9.53 Å². The smallest absolute Gasteiger partial charge is 0.355 e. The fraction of sp³-hybridized carbons (Fsp3) is 0.615. The van der Waals surface area contributed by atoms with Crippen molar-refractivity contribution in [3.05, 3.63) is 18.0 Å². The molecule has 4 nitrogen and oxygen atoms in total. The van der Waals surface area contributed by atoms with Gasteiger partial charge in [-0.2, -0.15) is 0 Å². The molecule has 0 aliphatic heterocycles. The highest BCUT2D eigenvalue weighted by atomic mass is 16.5. The zero-order chi connectivity index (χ0) is 12.0. The number of anilines is 1. The molecular weight excluding hydrogens is 216 g/mol. The second-order valence-electron chi connectivity index (χ2n) is 5.39. The molecule has 3 unspecified atom stereocenters. The molecular formula is C13H18N2O2. The van der Waals surface area contributed by atoms with Crippen LogP contribution in [0.2, 0.25) is 0 Å². The van der Waals surface area contributed by atoms with Crippen LogP contribution in [0.5, 0.6) is 0 Å². The van der Waals surface area contributed by atoms with Crippen molar-refractivity contribution in [3.8, 4) is 0 Å². The highest BCUT2D eigenvalue weighted by Gasteiger charge is 2.41. The predicted molar refractivity (Wildman–Crippen MR) is 64.5 cm³/mol. The molecule has 0 radical (unpaired) electrons. The fourth-order valence-electron chi connectivity index (χ4n) is 3.32. The summed E-state index contributed by atoms with van der Waals surface area (Å²) < 4.78 is 7.34. The van der Waals surface area contributed by atoms with Crippen LogP contribution in [0.3, 0.4) is 0 Å². The van der Waals surface area contributed by atoms with E-state index in [-0.39, 0.29) is 12.1 Å². The van der Waals surface area contributed by atoms with Gasteiger partial charge in [0.1, 0.15) is 11.8 Å². The highest BCUT2D eigenvalue weighted by Crippen LogP contribution is 2.46. The van der Waals surface area contributed by atoms with Gasteiger partial charge in [0.05, 0.1) is 5.69 Å². The maximum atomic E-state index is 12.0. The summed E-state index contributed by atoms with van der Waals surface area (Å²) in [5, 5.41) is 0. The van der Waals surface area contributed by atoms with Gasteiger partial charge in [0.2, 0.25) is 0 Å². The van der Waals surface area contributed by atoms with Crippen molar-refractivity contribution in [2.45, 2.75) is 31.8 Å². The third-order valence-electron chi connectivity index (χ3n) is 4.17. The largest absolute Gasteiger partial charge is 0.457 e. The van der Waals surface area contributed by atoms with Crippen LogP contribution in [-0.2, 0) is 11.8 Å². The van der Waals surface area contributed by atoms with E-state index in [1.54, 1.807) is 16.8 Å². The minimum absolute atomic E-state index is 0.136. The van der Waals surface area contributed by atoms with E-state index < -0.39 is 0 Å². The first-order valence-corrected chi connectivity index (χ1v) is 6.26. The van der Waals surface area contributed by atoms with Gasteiger partial charge in [0, 0.05) is 13.2 Å². The molecule has 0 spiro atoms. The Bertz CT molecular complexity index is 452. The van der Waals surface area contributed by atoms with Crippen LogP contribution < -0.4 is 5.73 Å². The van der Waals surface area contributed by atoms with Crippen LogP contribution in [0.15, 0.2) is 12.3 Å². The minimum atomic E-state index is -0.234. The van der Waals surface area contributed by atoms with Crippen LogP contribution >= 0.6 is 0 Å². The topological polar surface area (TPSA) is 57.2 Å². The summed E-state index contributed by atoms with van der Waals surface area (Å²) >= 11 is 0. The first-order valence-electron chi connectivity index (χ1n) is 6.26. The van der Waals surface area contributed by atoms with E-state index in [1.807, 2.05) is 7.05 Å². The predicted octanol–water partition coefficient (Wildman–Crippen LogP) is 1.95. The summed E-state index contributed by atoms with van der Waals surface area (Å²) in [5.41, 5.74) is 6.81. The van der Waals surface area contributed by atoms with Crippen LogP contribution in [0, 0.1) is 11.8 Å². The summed E-state index contributed by atoms with van der Waals surface area (Å²) in [6.07, 6.45) is 6.70. The lowest BCUT2D eigenvalue weighted by atomic mass is 9.98. The van der Waals surface area contributed by atoms with E-state index in [0.717, 1.165) is 12.3 Å². The first-order chi connectivity index (χ1) is 8.13. The number of carbonyl (C=O) groups is 1. The third-order valence-corrected chi connectivity index (χ3v) is 4.17. The first kappa shape index (κ1) is 10.7. The lowest BCUT2D eigenvalue weighted by molar-refractivity contribution is 0.0148. The van der Waals surface area contributed by atoms with Crippen molar-refractivity contribution in [1.82, 2.24) is 4.57 Å². The second-order valence-corrected chi connectivity index (χ2v) is 5.39. The Hall–Kier alpha value is -1.45. The normalized spacial score (nSPS) is 30.8. The van der Waals surface area contributed by atoms with Gasteiger partial charge in [0.15, 0.2) is 0 Å². The number of fused-ring (bicyclic) bond motifs is 2. The van der Waals surface area contributed by atoms with Crippen LogP contribution in [0.25, 0.3) is 0 Å². The molecule has 1 heterocycles. The zero-order valence-electron chi connectivity index (χ0n) is 10.1. The van der Waals surface area contributed by atoms with Gasteiger partial charge >= 0.3 is 5.97 Å². The highest BCUT2D eigenvalue weighted by molar-refractivity contribution is 5.89. The summed E-state index contributed by atoms with van der Waals surface area (Å²) in [4.78, 5) is 12.0. The monoisotopic (exact) mass is 234 g/mol. The van der Waals surface area contributed by atoms with Crippen molar-refractivity contribution in [3.63, 3.8) is 0 Å². The van der Waals surface area contributed by atoms with E-state index in [9.17, 15) is 4.79 Å². The number of nitrogens with two attached hydrogens (primary N) is 1. The quantitative estimate of drug-likeness (QED) is 0.796. The summed E-state index contributed by atoms with van der Waals surface area (Å²) in [6.45, 7) is 0. The molecule has 1 aromatic rings. The van der Waals surface area contributed by atoms with E-state index in [4.69, 9.17) is 10.5 Å². The lowest BCUT2D eigenvalue weighted by Crippen LogP contribution is -2.25. The van der Waals surface area contributed by atoms with Gasteiger partial charge in [-0.1, -0.05) is 0 Å². The Morgan fingerprint density at radius 2 is 2.29 bits per heavy atom. The molecule has 2 N–H and O–H groups in total. The van der Waals surface area contributed by atoms with Gasteiger partial charge < -0.3 is 15.0 Å². The van der Waals surface area contributed by atoms with E-state index in [1.165, 1.54) is 19.3 Å². The van der Waals surface area contributed by atoms with Gasteiger partial charge in [-0.25, -0.2) is 4.79 Å². The van der Waals surface area contributed by atoms with Crippen LogP contribution in [-0.4, -0.2) is 16.6 Å². The maximum Gasteiger partial charge on any atom is 0.355 e. The molecule has 2 aliphatic carbocycles. The Kier molecular flexibility index (Phi) is 2.38. The van der Waals surface area contributed by atoms with Crippen molar-refractivity contribution in [1.29, 1.82) is 0 Å². The van der Waals surface area contributed by atoms with Gasteiger partial charge in [-0.3, -0.25) is 0 Å². The van der Waals surface area contributed by atoms with Crippen LogP contribution in [0.4, 0.5) is 5.69 Å². The molecule has 0 aromatic carbocycles. The molecule has 3 rings (SSSR count). The number of hydrogen-bond donors (Lipinski definition) is 1. The Labute approximate surface area is 101 Å². The zero-order valence-corrected chi connectivity index (χ0v) is 10.1. The van der Waals surface area contributed by atoms with E-state index in [0.29, 0.717) is 17.3 Å². The molecule has 2 saturated carbocycles. The summed E-state index contributed by atoms with van der Waals surface area (Å²) in [7, 11) is 1.81. The van der Waals surface area contributed by atoms with Crippen LogP contribution in [0.1, 0.15) is 36.2 Å². The number of hydrogen-bond acceptors (Lipinski definition) is 3. The molecule has 1 aromatic heterocycles. The minimum Gasteiger partial charge on any atom is -0.457 e. The molecule has 0 saturated heterocycles. The lowest BCUT2D eigenvalue weighted by Gasteiger charge is -2.21. The SMILES string of the molecule is Cn1cc(N)cc1C(=O)OC1CC2CCC1C2. The average molecular weight is 234 g/mol. The molecule has 2 fully saturated rings. The number of nitrogens with zero attached hydrogens (tertiary/aromatic N) is 1. The standard InChI is InChI=1S/C13H18N2O2/c1-15-7-10(14)6-11(15)13(16)17-12-5-8-2-3-9(12)4-8/h6-9,12H,2-5,14H2,1H3. The molecule has 2 aliphatic rings. The number of carbonyl (C=O) groups excluding carboxylic acids is 1. The molecule has 2 bridgehead atoms. The maximum absolute atomic E-state index is 12.0. The number of esters is 1. The molecule has 3 atom stereocenters. The van der Waals surface area contributed by atoms with Crippen molar-refractivity contribution in [2.75, 3.05) is 5.73 Å². The molecule has 0 amide bonds. The summed E-state index contributed by atoms with van der Waals surface area (Å²) in [5.74, 6) is 1.15. The fourth-order valence-corrected chi connectivity index (χ4v) is 3.32. The average Bonchev–Trinajstić information content (AvgIpc) is 2.93. The number of nitrogen functional groups attached to an aromatic ring is 1. The van der Waals surface area contributed by atoms with Gasteiger partial charge in [-0.15, -0.1) is 0 Å². The van der Waals surface area contributed by atoms with Gasteiger partial charge in [-0.05, 0) is 43.6 Å². The second kappa shape index (κ2) is 3.79. The number of aromatic nitrogens is 1. The summed E-state index contributed by atoms with van der Waals surface area (Å²) in [6, 6.07) is 1.68. The molecule has 4 heteroatoms. The van der Waals surface area contributed by atoms with Gasteiger partial charge in [0.25, 0.3) is 0 Å². The number of rotatable bonds is 2. The Balaban J connectivity index is 1.69.